The van der Waals surface area contributed by atoms with Gasteiger partial charge >= 0.3 is 5.97 Å². The molecule has 1 atom stereocenters. The normalized spacial score (nSPS) is 12.5. The molecule has 0 aliphatic carbocycles. The molecule has 16 heavy (non-hydrogen) atoms. The van der Waals surface area contributed by atoms with E-state index in [1.165, 1.54) is 6.07 Å². The number of carboxylic acids is 1. The fourth-order valence-electron chi connectivity index (χ4n) is 1.19. The van der Waals surface area contributed by atoms with Crippen molar-refractivity contribution in [1.82, 2.24) is 0 Å². The van der Waals surface area contributed by atoms with Crippen molar-refractivity contribution in [2.45, 2.75) is 18.9 Å². The molecule has 88 valence electrons. The molecule has 0 aromatic heterocycles. The molecule has 0 unspecified atom stereocenters. The van der Waals surface area contributed by atoms with Gasteiger partial charge in [-0.15, -0.1) is 0 Å². The van der Waals surface area contributed by atoms with E-state index in [-0.39, 0.29) is 18.4 Å². The molecule has 1 aromatic rings. The quantitative estimate of drug-likeness (QED) is 0.802. The molecule has 0 saturated heterocycles. The van der Waals surface area contributed by atoms with Crippen molar-refractivity contribution in [3.63, 3.8) is 0 Å². The van der Waals surface area contributed by atoms with Crippen molar-refractivity contribution < 1.29 is 18.7 Å². The van der Waals surface area contributed by atoms with Gasteiger partial charge in [0.15, 0.2) is 0 Å². The van der Waals surface area contributed by atoms with Gasteiger partial charge in [0.25, 0.3) is 0 Å². The third kappa shape index (κ3) is 2.90. The highest BCUT2D eigenvalue weighted by molar-refractivity contribution is 6.30. The Labute approximate surface area is 95.8 Å². The van der Waals surface area contributed by atoms with Gasteiger partial charge in [-0.1, -0.05) is 17.7 Å². The number of halogens is 3. The standard InChI is InChI=1S/C10H10ClF2NO2/c11-8-6(12)3-1-5(9(8)13)2-4-7(14)10(15)16/h1,3,7H,2,4,14H2,(H,15,16)/t7-/m0/s1. The van der Waals surface area contributed by atoms with Crippen LogP contribution in [0.2, 0.25) is 5.02 Å². The SMILES string of the molecule is N[C@@H](CCc1ccc(F)c(Cl)c1F)C(=O)O. The second-order valence-corrected chi connectivity index (χ2v) is 3.70. The summed E-state index contributed by atoms with van der Waals surface area (Å²) in [5.74, 6) is -2.86. The summed E-state index contributed by atoms with van der Waals surface area (Å²) >= 11 is 5.36. The lowest BCUT2D eigenvalue weighted by molar-refractivity contribution is -0.138. The molecule has 6 heteroatoms. The predicted octanol–water partition coefficient (Wildman–Crippen LogP) is 1.96. The molecule has 0 aliphatic rings. The van der Waals surface area contributed by atoms with Gasteiger partial charge in [0.2, 0.25) is 0 Å². The van der Waals surface area contributed by atoms with Crippen LogP contribution in [0.4, 0.5) is 8.78 Å². The number of carbonyl (C=O) groups is 1. The van der Waals surface area contributed by atoms with Crippen LogP contribution >= 0.6 is 11.6 Å². The van der Waals surface area contributed by atoms with Gasteiger partial charge in [-0.25, -0.2) is 8.78 Å². The number of hydrogen-bond donors (Lipinski definition) is 2. The van der Waals surface area contributed by atoms with Crippen molar-refractivity contribution in [3.05, 3.63) is 34.4 Å². The summed E-state index contributed by atoms with van der Waals surface area (Å²) in [6.45, 7) is 0. The Bertz CT molecular complexity index is 412. The first-order valence-electron chi connectivity index (χ1n) is 4.54. The van der Waals surface area contributed by atoms with E-state index in [1.807, 2.05) is 0 Å². The second-order valence-electron chi connectivity index (χ2n) is 3.32. The van der Waals surface area contributed by atoms with Crippen LogP contribution in [0.15, 0.2) is 12.1 Å². The van der Waals surface area contributed by atoms with Crippen LogP contribution in [0.3, 0.4) is 0 Å². The number of carboxylic acid groups (broad SMARTS) is 1. The highest BCUT2D eigenvalue weighted by Crippen LogP contribution is 2.22. The molecule has 1 aromatic carbocycles. The molecule has 0 fully saturated rings. The molecule has 0 radical (unpaired) electrons. The molecule has 0 heterocycles. The summed E-state index contributed by atoms with van der Waals surface area (Å²) in [6.07, 6.45) is 0.160. The van der Waals surface area contributed by atoms with Gasteiger partial charge in [-0.05, 0) is 24.5 Å². The number of aliphatic carboxylic acids is 1. The number of aryl methyl sites for hydroxylation is 1. The van der Waals surface area contributed by atoms with Gasteiger partial charge < -0.3 is 10.8 Å². The topological polar surface area (TPSA) is 63.3 Å². The van der Waals surface area contributed by atoms with Gasteiger partial charge in [0.1, 0.15) is 22.7 Å². The van der Waals surface area contributed by atoms with Crippen molar-refractivity contribution >= 4 is 17.6 Å². The number of hydrogen-bond acceptors (Lipinski definition) is 2. The fraction of sp³-hybridized carbons (Fsp3) is 0.300. The number of nitrogens with two attached hydrogens (primary N) is 1. The van der Waals surface area contributed by atoms with Crippen LogP contribution in [0.25, 0.3) is 0 Å². The molecule has 1 rings (SSSR count). The third-order valence-corrected chi connectivity index (χ3v) is 2.50. The Morgan fingerprint density at radius 1 is 1.50 bits per heavy atom. The largest absolute Gasteiger partial charge is 0.480 e. The maximum absolute atomic E-state index is 13.4. The summed E-state index contributed by atoms with van der Waals surface area (Å²) in [7, 11) is 0. The van der Waals surface area contributed by atoms with Crippen molar-refractivity contribution in [3.8, 4) is 0 Å². The summed E-state index contributed by atoms with van der Waals surface area (Å²) < 4.78 is 26.1. The number of rotatable bonds is 4. The van der Waals surface area contributed by atoms with E-state index in [2.05, 4.69) is 0 Å². The van der Waals surface area contributed by atoms with Crippen molar-refractivity contribution in [2.24, 2.45) is 5.73 Å². The molecule has 0 bridgehead atoms. The molecule has 0 amide bonds. The molecule has 3 N–H and O–H groups in total. The van der Waals surface area contributed by atoms with Crippen molar-refractivity contribution in [1.29, 1.82) is 0 Å². The summed E-state index contributed by atoms with van der Waals surface area (Å²) in [4.78, 5) is 10.4. The van der Waals surface area contributed by atoms with E-state index in [4.69, 9.17) is 22.4 Å². The summed E-state index contributed by atoms with van der Waals surface area (Å²) in [5, 5.41) is 7.94. The zero-order valence-corrected chi connectivity index (χ0v) is 8.97. The van der Waals surface area contributed by atoms with E-state index < -0.39 is 28.7 Å². The summed E-state index contributed by atoms with van der Waals surface area (Å²) in [6, 6.07) is 1.20. The zero-order chi connectivity index (χ0) is 12.3. The Morgan fingerprint density at radius 3 is 2.69 bits per heavy atom. The van der Waals surface area contributed by atoms with Crippen molar-refractivity contribution in [2.75, 3.05) is 0 Å². The van der Waals surface area contributed by atoms with Crippen LogP contribution in [0, 0.1) is 11.6 Å². The van der Waals surface area contributed by atoms with Crippen LogP contribution in [0.1, 0.15) is 12.0 Å². The zero-order valence-electron chi connectivity index (χ0n) is 8.21. The van der Waals surface area contributed by atoms with E-state index >= 15 is 0 Å². The first-order chi connectivity index (χ1) is 7.43. The van der Waals surface area contributed by atoms with Crippen LogP contribution < -0.4 is 5.73 Å². The van der Waals surface area contributed by atoms with E-state index in [0.29, 0.717) is 0 Å². The van der Waals surface area contributed by atoms with E-state index in [9.17, 15) is 13.6 Å². The minimum atomic E-state index is -1.16. The van der Waals surface area contributed by atoms with E-state index in [1.54, 1.807) is 0 Å². The second kappa shape index (κ2) is 5.23. The Hall–Kier alpha value is -1.20. The van der Waals surface area contributed by atoms with Crippen LogP contribution in [-0.2, 0) is 11.2 Å². The smallest absolute Gasteiger partial charge is 0.320 e. The lowest BCUT2D eigenvalue weighted by atomic mass is 10.1. The molecule has 0 spiro atoms. The first-order valence-corrected chi connectivity index (χ1v) is 4.92. The van der Waals surface area contributed by atoms with Crippen LogP contribution in [0.5, 0.6) is 0 Å². The summed E-state index contributed by atoms with van der Waals surface area (Å²) in [5.41, 5.74) is 5.41. The lowest BCUT2D eigenvalue weighted by Crippen LogP contribution is -2.30. The molecule has 0 aliphatic heterocycles. The minimum Gasteiger partial charge on any atom is -0.480 e. The first kappa shape index (κ1) is 12.9. The van der Waals surface area contributed by atoms with Gasteiger partial charge in [-0.2, -0.15) is 0 Å². The lowest BCUT2D eigenvalue weighted by Gasteiger charge is -2.08. The minimum absolute atomic E-state index is 0.0637. The average molecular weight is 250 g/mol. The molecular formula is C10H10ClF2NO2. The van der Waals surface area contributed by atoms with Gasteiger partial charge in [0, 0.05) is 0 Å². The van der Waals surface area contributed by atoms with Gasteiger partial charge in [0.05, 0.1) is 0 Å². The predicted molar refractivity (Wildman–Crippen MR) is 55.3 cm³/mol. The Balaban J connectivity index is 2.75. The monoisotopic (exact) mass is 249 g/mol. The molecular weight excluding hydrogens is 240 g/mol. The highest BCUT2D eigenvalue weighted by Gasteiger charge is 2.15. The Kier molecular flexibility index (Phi) is 4.20. The van der Waals surface area contributed by atoms with Gasteiger partial charge in [-0.3, -0.25) is 4.79 Å². The Morgan fingerprint density at radius 2 is 2.12 bits per heavy atom. The van der Waals surface area contributed by atoms with Crippen LogP contribution in [-0.4, -0.2) is 17.1 Å². The van der Waals surface area contributed by atoms with E-state index in [0.717, 1.165) is 6.07 Å². The highest BCUT2D eigenvalue weighted by atomic mass is 35.5. The number of benzene rings is 1. The maximum Gasteiger partial charge on any atom is 0.320 e. The fourth-order valence-corrected chi connectivity index (χ4v) is 1.38. The average Bonchev–Trinajstić information content (AvgIpc) is 2.24. The third-order valence-electron chi connectivity index (χ3n) is 2.16. The molecule has 0 saturated carbocycles. The molecule has 3 nitrogen and oxygen atoms in total. The maximum atomic E-state index is 13.4.